The number of benzene rings is 1. The van der Waals surface area contributed by atoms with E-state index in [9.17, 15) is 4.79 Å². The molecule has 2 aromatic rings. The first kappa shape index (κ1) is 12.9. The number of hydrogen-bond acceptors (Lipinski definition) is 4. The lowest BCUT2D eigenvalue weighted by Crippen LogP contribution is -2.21. The molecule has 1 fully saturated rings. The zero-order valence-corrected chi connectivity index (χ0v) is 11.1. The molecule has 1 aromatic carbocycles. The highest BCUT2D eigenvalue weighted by atomic mass is 16.5. The Kier molecular flexibility index (Phi) is 3.78. The summed E-state index contributed by atoms with van der Waals surface area (Å²) in [5.41, 5.74) is 1.44. The number of nitrogens with zero attached hydrogens (tertiary/aromatic N) is 1. The van der Waals surface area contributed by atoms with Gasteiger partial charge in [-0.2, -0.15) is 0 Å². The lowest BCUT2D eigenvalue weighted by molar-refractivity contribution is 0.120. The minimum atomic E-state index is -0.159. The van der Waals surface area contributed by atoms with Crippen molar-refractivity contribution in [3.05, 3.63) is 46.8 Å². The second kappa shape index (κ2) is 5.88. The molecule has 0 radical (unpaired) electrons. The molecular formula is C15H17N3O2. The van der Waals surface area contributed by atoms with E-state index in [0.717, 1.165) is 25.0 Å². The molecular weight excluding hydrogens is 254 g/mol. The maximum absolute atomic E-state index is 11.7. The molecule has 1 aliphatic heterocycles. The van der Waals surface area contributed by atoms with Crippen LogP contribution in [0.15, 0.2) is 41.2 Å². The van der Waals surface area contributed by atoms with Gasteiger partial charge in [-0.3, -0.25) is 9.78 Å². The zero-order valence-electron chi connectivity index (χ0n) is 11.1. The van der Waals surface area contributed by atoms with Crippen molar-refractivity contribution in [2.45, 2.75) is 18.9 Å². The summed E-state index contributed by atoms with van der Waals surface area (Å²) in [7, 11) is 0. The SMILES string of the molecule is O=c1cc(-c2ccccc2)nc(NCC2CCCO2)[nH]1. The maximum Gasteiger partial charge on any atom is 0.252 e. The third-order valence-electron chi connectivity index (χ3n) is 3.33. The second-order valence-corrected chi connectivity index (χ2v) is 4.86. The number of anilines is 1. The highest BCUT2D eigenvalue weighted by molar-refractivity contribution is 5.59. The molecule has 20 heavy (non-hydrogen) atoms. The first-order valence-electron chi connectivity index (χ1n) is 6.83. The van der Waals surface area contributed by atoms with Gasteiger partial charge in [0.1, 0.15) is 0 Å². The molecule has 0 amide bonds. The fourth-order valence-corrected chi connectivity index (χ4v) is 2.31. The number of rotatable bonds is 4. The van der Waals surface area contributed by atoms with Gasteiger partial charge in [-0.15, -0.1) is 0 Å². The van der Waals surface area contributed by atoms with Crippen LogP contribution in [-0.2, 0) is 4.74 Å². The largest absolute Gasteiger partial charge is 0.376 e. The Bertz CT molecular complexity index is 619. The molecule has 1 atom stereocenters. The Morgan fingerprint density at radius 1 is 1.35 bits per heavy atom. The number of nitrogens with one attached hydrogen (secondary N) is 2. The summed E-state index contributed by atoms with van der Waals surface area (Å²) < 4.78 is 5.54. The molecule has 0 aliphatic carbocycles. The van der Waals surface area contributed by atoms with E-state index in [-0.39, 0.29) is 11.7 Å². The average molecular weight is 271 g/mol. The summed E-state index contributed by atoms with van der Waals surface area (Å²) in [6, 6.07) is 11.2. The molecule has 2 N–H and O–H groups in total. The predicted molar refractivity (Wildman–Crippen MR) is 77.8 cm³/mol. The van der Waals surface area contributed by atoms with Crippen LogP contribution >= 0.6 is 0 Å². The Morgan fingerprint density at radius 3 is 2.95 bits per heavy atom. The van der Waals surface area contributed by atoms with Gasteiger partial charge in [0.2, 0.25) is 5.95 Å². The fraction of sp³-hybridized carbons (Fsp3) is 0.333. The van der Waals surface area contributed by atoms with E-state index < -0.39 is 0 Å². The molecule has 5 nitrogen and oxygen atoms in total. The van der Waals surface area contributed by atoms with Crippen LogP contribution in [0.4, 0.5) is 5.95 Å². The Balaban J connectivity index is 1.78. The quantitative estimate of drug-likeness (QED) is 0.893. The minimum Gasteiger partial charge on any atom is -0.376 e. The van der Waals surface area contributed by atoms with Crippen molar-refractivity contribution in [1.82, 2.24) is 9.97 Å². The van der Waals surface area contributed by atoms with E-state index in [1.165, 1.54) is 6.07 Å². The van der Waals surface area contributed by atoms with Crippen molar-refractivity contribution in [3.63, 3.8) is 0 Å². The first-order chi connectivity index (χ1) is 9.81. The smallest absolute Gasteiger partial charge is 0.252 e. The van der Waals surface area contributed by atoms with Crippen molar-refractivity contribution >= 4 is 5.95 Å². The number of H-pyrrole nitrogens is 1. The minimum absolute atomic E-state index is 0.159. The van der Waals surface area contributed by atoms with E-state index in [0.29, 0.717) is 18.2 Å². The van der Waals surface area contributed by atoms with Gasteiger partial charge in [0, 0.05) is 24.8 Å². The zero-order chi connectivity index (χ0) is 13.8. The standard InChI is InChI=1S/C15H17N3O2/c19-14-9-13(11-5-2-1-3-6-11)17-15(18-14)16-10-12-7-4-8-20-12/h1-3,5-6,9,12H,4,7-8,10H2,(H2,16,17,18,19). The van der Waals surface area contributed by atoms with E-state index in [1.54, 1.807) is 0 Å². The van der Waals surface area contributed by atoms with E-state index in [1.807, 2.05) is 30.3 Å². The van der Waals surface area contributed by atoms with Gasteiger partial charge in [0.15, 0.2) is 0 Å². The molecule has 5 heteroatoms. The van der Waals surface area contributed by atoms with Crippen LogP contribution in [0.3, 0.4) is 0 Å². The Hall–Kier alpha value is -2.14. The highest BCUT2D eigenvalue weighted by Gasteiger charge is 2.15. The molecule has 0 bridgehead atoms. The van der Waals surface area contributed by atoms with Crippen LogP contribution in [0.5, 0.6) is 0 Å². The molecule has 1 aromatic heterocycles. The van der Waals surface area contributed by atoms with Gasteiger partial charge in [0.25, 0.3) is 5.56 Å². The van der Waals surface area contributed by atoms with E-state index >= 15 is 0 Å². The number of aromatic amines is 1. The van der Waals surface area contributed by atoms with Crippen molar-refractivity contribution < 1.29 is 4.74 Å². The van der Waals surface area contributed by atoms with Crippen molar-refractivity contribution in [3.8, 4) is 11.3 Å². The van der Waals surface area contributed by atoms with Crippen LogP contribution in [0.1, 0.15) is 12.8 Å². The normalized spacial score (nSPS) is 18.1. The van der Waals surface area contributed by atoms with E-state index in [4.69, 9.17) is 4.74 Å². The molecule has 0 saturated carbocycles. The molecule has 3 rings (SSSR count). The molecule has 1 saturated heterocycles. The third kappa shape index (κ3) is 3.05. The van der Waals surface area contributed by atoms with Gasteiger partial charge < -0.3 is 10.1 Å². The van der Waals surface area contributed by atoms with Crippen LogP contribution in [0, 0.1) is 0 Å². The Labute approximate surface area is 117 Å². The van der Waals surface area contributed by atoms with Crippen LogP contribution < -0.4 is 10.9 Å². The molecule has 1 unspecified atom stereocenters. The van der Waals surface area contributed by atoms with Gasteiger partial charge >= 0.3 is 0 Å². The van der Waals surface area contributed by atoms with Crippen molar-refractivity contribution in [1.29, 1.82) is 0 Å². The molecule has 2 heterocycles. The second-order valence-electron chi connectivity index (χ2n) is 4.86. The van der Waals surface area contributed by atoms with Crippen molar-refractivity contribution in [2.75, 3.05) is 18.5 Å². The van der Waals surface area contributed by atoms with Crippen LogP contribution in [0.2, 0.25) is 0 Å². The molecule has 1 aliphatic rings. The van der Waals surface area contributed by atoms with Gasteiger partial charge in [-0.25, -0.2) is 4.98 Å². The monoisotopic (exact) mass is 271 g/mol. The van der Waals surface area contributed by atoms with Gasteiger partial charge in [0.05, 0.1) is 11.8 Å². The molecule has 104 valence electrons. The van der Waals surface area contributed by atoms with Crippen LogP contribution in [0.25, 0.3) is 11.3 Å². The lowest BCUT2D eigenvalue weighted by Gasteiger charge is -2.11. The predicted octanol–water partition coefficient (Wildman–Crippen LogP) is 2.03. The summed E-state index contributed by atoms with van der Waals surface area (Å²) in [5, 5.41) is 3.15. The number of aromatic nitrogens is 2. The van der Waals surface area contributed by atoms with Gasteiger partial charge in [-0.05, 0) is 12.8 Å². The number of hydrogen-bond donors (Lipinski definition) is 2. The topological polar surface area (TPSA) is 67.0 Å². The van der Waals surface area contributed by atoms with E-state index in [2.05, 4.69) is 15.3 Å². The summed E-state index contributed by atoms with van der Waals surface area (Å²) >= 11 is 0. The summed E-state index contributed by atoms with van der Waals surface area (Å²) in [4.78, 5) is 18.9. The average Bonchev–Trinajstić information content (AvgIpc) is 2.99. The summed E-state index contributed by atoms with van der Waals surface area (Å²) in [5.74, 6) is 0.492. The third-order valence-corrected chi connectivity index (χ3v) is 3.33. The number of ether oxygens (including phenoxy) is 1. The highest BCUT2D eigenvalue weighted by Crippen LogP contribution is 2.16. The molecule has 0 spiro atoms. The first-order valence-corrected chi connectivity index (χ1v) is 6.83. The summed E-state index contributed by atoms with van der Waals surface area (Å²) in [6.07, 6.45) is 2.36. The van der Waals surface area contributed by atoms with Crippen LogP contribution in [-0.4, -0.2) is 29.2 Å². The lowest BCUT2D eigenvalue weighted by atomic mass is 10.1. The Morgan fingerprint density at radius 2 is 2.20 bits per heavy atom. The summed E-state index contributed by atoms with van der Waals surface area (Å²) in [6.45, 7) is 1.49. The fourth-order valence-electron chi connectivity index (χ4n) is 2.31. The maximum atomic E-state index is 11.7. The van der Waals surface area contributed by atoms with Gasteiger partial charge in [-0.1, -0.05) is 30.3 Å². The van der Waals surface area contributed by atoms with Crippen molar-refractivity contribution in [2.24, 2.45) is 0 Å².